The van der Waals surface area contributed by atoms with Crippen LogP contribution in [0.4, 0.5) is 0 Å². The quantitative estimate of drug-likeness (QED) is 0.833. The summed E-state index contributed by atoms with van der Waals surface area (Å²) in [7, 11) is 1.75. The molecular formula is C19H29NO. The lowest BCUT2D eigenvalue weighted by molar-refractivity contribution is 0.250. The van der Waals surface area contributed by atoms with Gasteiger partial charge in [0.1, 0.15) is 5.75 Å². The molecule has 1 aromatic carbocycles. The van der Waals surface area contributed by atoms with E-state index in [2.05, 4.69) is 37.4 Å². The van der Waals surface area contributed by atoms with E-state index < -0.39 is 0 Å². The van der Waals surface area contributed by atoms with Gasteiger partial charge in [0.2, 0.25) is 0 Å². The molecule has 2 aliphatic rings. The third kappa shape index (κ3) is 2.96. The SMILES string of the molecule is CCCNC(c1ccc(OC)cc1C)C1CC2CCC1C2. The van der Waals surface area contributed by atoms with E-state index in [1.807, 2.05) is 0 Å². The Morgan fingerprint density at radius 3 is 2.71 bits per heavy atom. The van der Waals surface area contributed by atoms with Gasteiger partial charge in [0, 0.05) is 6.04 Å². The van der Waals surface area contributed by atoms with E-state index in [-0.39, 0.29) is 0 Å². The monoisotopic (exact) mass is 287 g/mol. The van der Waals surface area contributed by atoms with E-state index in [9.17, 15) is 0 Å². The van der Waals surface area contributed by atoms with Crippen molar-refractivity contribution < 1.29 is 4.74 Å². The van der Waals surface area contributed by atoms with Crippen molar-refractivity contribution in [2.45, 2.75) is 52.0 Å². The van der Waals surface area contributed by atoms with Crippen LogP contribution in [0.25, 0.3) is 0 Å². The maximum atomic E-state index is 5.37. The highest BCUT2D eigenvalue weighted by Gasteiger charge is 2.43. The topological polar surface area (TPSA) is 21.3 Å². The van der Waals surface area contributed by atoms with Gasteiger partial charge in [0.05, 0.1) is 7.11 Å². The first kappa shape index (κ1) is 14.9. The molecule has 3 rings (SSSR count). The number of aryl methyl sites for hydroxylation is 1. The lowest BCUT2D eigenvalue weighted by Crippen LogP contribution is -2.32. The highest BCUT2D eigenvalue weighted by Crippen LogP contribution is 2.52. The minimum Gasteiger partial charge on any atom is -0.497 e. The van der Waals surface area contributed by atoms with E-state index in [4.69, 9.17) is 4.74 Å². The number of benzene rings is 1. The van der Waals surface area contributed by atoms with Gasteiger partial charge in [0.15, 0.2) is 0 Å². The molecule has 0 saturated heterocycles. The number of ether oxygens (including phenoxy) is 1. The molecule has 2 heteroatoms. The molecule has 0 amide bonds. The molecule has 4 unspecified atom stereocenters. The highest BCUT2D eigenvalue weighted by molar-refractivity contribution is 5.37. The zero-order chi connectivity index (χ0) is 14.8. The van der Waals surface area contributed by atoms with Gasteiger partial charge in [-0.2, -0.15) is 0 Å². The van der Waals surface area contributed by atoms with Crippen LogP contribution in [0.2, 0.25) is 0 Å². The maximum absolute atomic E-state index is 5.37. The molecule has 0 heterocycles. The van der Waals surface area contributed by atoms with Crippen LogP contribution in [0.3, 0.4) is 0 Å². The van der Waals surface area contributed by atoms with Gasteiger partial charge >= 0.3 is 0 Å². The summed E-state index contributed by atoms with van der Waals surface area (Å²) in [6.07, 6.45) is 7.03. The molecular weight excluding hydrogens is 258 g/mol. The standard InChI is InChI=1S/C19H29NO/c1-4-9-20-19(18-12-14-5-6-15(18)11-14)17-8-7-16(21-3)10-13(17)2/h7-8,10,14-15,18-20H,4-6,9,11-12H2,1-3H3. The molecule has 0 aromatic heterocycles. The van der Waals surface area contributed by atoms with Gasteiger partial charge in [-0.1, -0.05) is 19.4 Å². The first-order valence-electron chi connectivity index (χ1n) is 8.60. The Morgan fingerprint density at radius 2 is 2.14 bits per heavy atom. The Morgan fingerprint density at radius 1 is 1.29 bits per heavy atom. The van der Waals surface area contributed by atoms with Crippen LogP contribution >= 0.6 is 0 Å². The first-order valence-corrected chi connectivity index (χ1v) is 8.60. The molecule has 4 atom stereocenters. The molecule has 1 N–H and O–H groups in total. The van der Waals surface area contributed by atoms with Crippen molar-refractivity contribution in [1.82, 2.24) is 5.32 Å². The second-order valence-electron chi connectivity index (χ2n) is 6.99. The maximum Gasteiger partial charge on any atom is 0.119 e. The molecule has 1 aromatic rings. The summed E-state index contributed by atoms with van der Waals surface area (Å²) in [4.78, 5) is 0. The molecule has 2 bridgehead atoms. The first-order chi connectivity index (χ1) is 10.2. The van der Waals surface area contributed by atoms with Crippen LogP contribution in [0.5, 0.6) is 5.75 Å². The molecule has 0 aliphatic heterocycles. The molecule has 2 fully saturated rings. The average molecular weight is 287 g/mol. The van der Waals surface area contributed by atoms with Crippen LogP contribution in [0, 0.1) is 24.7 Å². The van der Waals surface area contributed by atoms with Crippen molar-refractivity contribution in [3.8, 4) is 5.75 Å². The van der Waals surface area contributed by atoms with Crippen molar-refractivity contribution in [3.63, 3.8) is 0 Å². The second-order valence-corrected chi connectivity index (χ2v) is 6.99. The van der Waals surface area contributed by atoms with Crippen LogP contribution < -0.4 is 10.1 Å². The average Bonchev–Trinajstić information content (AvgIpc) is 3.11. The van der Waals surface area contributed by atoms with Gasteiger partial charge in [-0.05, 0) is 80.2 Å². The second kappa shape index (κ2) is 6.39. The number of hydrogen-bond donors (Lipinski definition) is 1. The molecule has 2 saturated carbocycles. The van der Waals surface area contributed by atoms with Crippen molar-refractivity contribution in [1.29, 1.82) is 0 Å². The summed E-state index contributed by atoms with van der Waals surface area (Å²) < 4.78 is 5.37. The molecule has 2 nitrogen and oxygen atoms in total. The fourth-order valence-corrected chi connectivity index (χ4v) is 4.62. The Balaban J connectivity index is 1.85. The zero-order valence-corrected chi connectivity index (χ0v) is 13.7. The summed E-state index contributed by atoms with van der Waals surface area (Å²) in [6, 6.07) is 7.12. The largest absolute Gasteiger partial charge is 0.497 e. The summed E-state index contributed by atoms with van der Waals surface area (Å²) in [5, 5.41) is 3.85. The molecule has 2 aliphatic carbocycles. The van der Waals surface area contributed by atoms with Gasteiger partial charge in [0.25, 0.3) is 0 Å². The fraction of sp³-hybridized carbons (Fsp3) is 0.684. The smallest absolute Gasteiger partial charge is 0.119 e. The van der Waals surface area contributed by atoms with Crippen LogP contribution in [0.1, 0.15) is 56.2 Å². The lowest BCUT2D eigenvalue weighted by Gasteiger charge is -2.33. The van der Waals surface area contributed by atoms with Crippen LogP contribution in [0.15, 0.2) is 18.2 Å². The summed E-state index contributed by atoms with van der Waals surface area (Å²) >= 11 is 0. The Bertz CT molecular complexity index is 484. The molecule has 116 valence electrons. The molecule has 0 radical (unpaired) electrons. The van der Waals surface area contributed by atoms with Gasteiger partial charge in [-0.25, -0.2) is 0 Å². The third-order valence-corrected chi connectivity index (χ3v) is 5.65. The Kier molecular flexibility index (Phi) is 4.54. The normalized spacial score (nSPS) is 28.8. The number of hydrogen-bond acceptors (Lipinski definition) is 2. The number of fused-ring (bicyclic) bond motifs is 2. The minimum atomic E-state index is 0.533. The summed E-state index contributed by atoms with van der Waals surface area (Å²) in [5.41, 5.74) is 2.85. The Labute approximate surface area is 129 Å². The number of nitrogens with one attached hydrogen (secondary N) is 1. The van der Waals surface area contributed by atoms with Gasteiger partial charge < -0.3 is 10.1 Å². The minimum absolute atomic E-state index is 0.533. The van der Waals surface area contributed by atoms with E-state index >= 15 is 0 Å². The van der Waals surface area contributed by atoms with E-state index in [0.717, 1.165) is 30.0 Å². The predicted molar refractivity (Wildman–Crippen MR) is 87.7 cm³/mol. The number of rotatable bonds is 6. The van der Waals surface area contributed by atoms with E-state index in [1.54, 1.807) is 7.11 Å². The molecule has 0 spiro atoms. The highest BCUT2D eigenvalue weighted by atomic mass is 16.5. The predicted octanol–water partition coefficient (Wildman–Crippen LogP) is 4.48. The van der Waals surface area contributed by atoms with Crippen LogP contribution in [-0.2, 0) is 0 Å². The van der Waals surface area contributed by atoms with Gasteiger partial charge in [-0.3, -0.25) is 0 Å². The lowest BCUT2D eigenvalue weighted by atomic mass is 9.79. The molecule has 21 heavy (non-hydrogen) atoms. The van der Waals surface area contributed by atoms with Crippen molar-refractivity contribution in [3.05, 3.63) is 29.3 Å². The van der Waals surface area contributed by atoms with Crippen molar-refractivity contribution >= 4 is 0 Å². The van der Waals surface area contributed by atoms with E-state index in [0.29, 0.717) is 6.04 Å². The van der Waals surface area contributed by atoms with Gasteiger partial charge in [-0.15, -0.1) is 0 Å². The Hall–Kier alpha value is -1.02. The summed E-state index contributed by atoms with van der Waals surface area (Å²) in [5.74, 6) is 3.76. The van der Waals surface area contributed by atoms with Crippen molar-refractivity contribution in [2.24, 2.45) is 17.8 Å². The van der Waals surface area contributed by atoms with Crippen LogP contribution in [-0.4, -0.2) is 13.7 Å². The number of methoxy groups -OCH3 is 1. The summed E-state index contributed by atoms with van der Waals surface area (Å²) in [6.45, 7) is 5.60. The van der Waals surface area contributed by atoms with Crippen molar-refractivity contribution in [2.75, 3.05) is 13.7 Å². The zero-order valence-electron chi connectivity index (χ0n) is 13.7. The third-order valence-electron chi connectivity index (χ3n) is 5.65. The van der Waals surface area contributed by atoms with E-state index in [1.165, 1.54) is 43.2 Å². The fourth-order valence-electron chi connectivity index (χ4n) is 4.62.